The summed E-state index contributed by atoms with van der Waals surface area (Å²) in [7, 11) is -2.99. The van der Waals surface area contributed by atoms with E-state index in [0.29, 0.717) is 0 Å². The van der Waals surface area contributed by atoms with Crippen molar-refractivity contribution in [2.24, 2.45) is 0 Å². The first-order valence-corrected chi connectivity index (χ1v) is 15.6. The second-order valence-corrected chi connectivity index (χ2v) is 19.4. The van der Waals surface area contributed by atoms with Crippen molar-refractivity contribution < 1.29 is 0 Å². The van der Waals surface area contributed by atoms with Gasteiger partial charge in [0.2, 0.25) is 0 Å². The Morgan fingerprint density at radius 1 is 0.875 bits per heavy atom. The number of rotatable bonds is 4. The van der Waals surface area contributed by atoms with Crippen LogP contribution >= 0.6 is 0 Å². The van der Waals surface area contributed by atoms with Crippen molar-refractivity contribution in [2.75, 3.05) is 0 Å². The Kier molecular flexibility index (Phi) is 4.98. The average Bonchev–Trinajstić information content (AvgIpc) is 2.69. The Hall–Kier alpha value is -0.866. The quantitative estimate of drug-likeness (QED) is 0.589. The van der Waals surface area contributed by atoms with E-state index >= 15 is 0 Å². The first-order valence-electron chi connectivity index (χ1n) is 9.37. The van der Waals surface area contributed by atoms with Crippen LogP contribution < -0.4 is 10.4 Å². The number of aryl methyl sites for hydroxylation is 1. The maximum absolute atomic E-state index is 2.61. The van der Waals surface area contributed by atoms with Crippen molar-refractivity contribution in [1.82, 2.24) is 0 Å². The van der Waals surface area contributed by atoms with Crippen molar-refractivity contribution in [3.05, 3.63) is 46.6 Å². The van der Waals surface area contributed by atoms with Gasteiger partial charge in [0.25, 0.3) is 0 Å². The average molecular weight is 357 g/mol. The van der Waals surface area contributed by atoms with E-state index in [1.165, 1.54) is 22.8 Å². The van der Waals surface area contributed by atoms with Gasteiger partial charge in [-0.3, -0.25) is 0 Å². The first-order chi connectivity index (χ1) is 10.9. The first kappa shape index (κ1) is 19.5. The fourth-order valence-electron chi connectivity index (χ4n) is 4.31. The van der Waals surface area contributed by atoms with Gasteiger partial charge in [0, 0.05) is 5.04 Å². The molecule has 2 heteroatoms. The molecule has 0 saturated carbocycles. The monoisotopic (exact) mass is 356 g/mol. The third-order valence-corrected chi connectivity index (χ3v) is 14.7. The van der Waals surface area contributed by atoms with Crippen molar-refractivity contribution in [2.45, 2.75) is 78.8 Å². The molecule has 1 aromatic carbocycles. The lowest BCUT2D eigenvalue weighted by Crippen LogP contribution is -2.55. The molecule has 2 atom stereocenters. The Labute approximate surface area is 152 Å². The molecule has 1 aromatic rings. The van der Waals surface area contributed by atoms with Crippen LogP contribution in [0.1, 0.15) is 40.2 Å². The van der Waals surface area contributed by atoms with Crippen LogP contribution in [0.4, 0.5) is 0 Å². The van der Waals surface area contributed by atoms with Crippen molar-refractivity contribution in [1.29, 1.82) is 0 Å². The summed E-state index contributed by atoms with van der Waals surface area (Å²) in [6, 6.07) is 8.80. The number of hydrogen-bond acceptors (Lipinski definition) is 0. The molecule has 0 spiro atoms. The minimum absolute atomic E-state index is 0.237. The molecule has 2 unspecified atom stereocenters. The van der Waals surface area contributed by atoms with Gasteiger partial charge in [0.1, 0.15) is 0 Å². The van der Waals surface area contributed by atoms with E-state index in [1.54, 1.807) is 15.9 Å². The van der Waals surface area contributed by atoms with Gasteiger partial charge in [-0.05, 0) is 33.3 Å². The predicted octanol–water partition coefficient (Wildman–Crippen LogP) is 5.90. The molecule has 1 aliphatic carbocycles. The summed E-state index contributed by atoms with van der Waals surface area (Å²) < 4.78 is 0. The molecule has 0 bridgehead atoms. The Morgan fingerprint density at radius 2 is 1.42 bits per heavy atom. The molecule has 2 rings (SSSR count). The van der Waals surface area contributed by atoms with E-state index in [2.05, 4.69) is 92.0 Å². The van der Waals surface area contributed by atoms with Gasteiger partial charge in [-0.2, -0.15) is 0 Å². The molecule has 0 aromatic heterocycles. The second kappa shape index (κ2) is 6.14. The maximum Gasteiger partial charge on any atom is 0.0974 e. The molecule has 0 fully saturated rings. The summed E-state index contributed by atoms with van der Waals surface area (Å²) in [5, 5.41) is 3.51. The molecule has 0 saturated heterocycles. The predicted molar refractivity (Wildman–Crippen MR) is 116 cm³/mol. The summed E-state index contributed by atoms with van der Waals surface area (Å²) in [5.74, 6) is 0. The Balaban J connectivity index is 2.71. The highest BCUT2D eigenvalue weighted by Crippen LogP contribution is 2.54. The SMILES string of the molecule is CC[Si](C)(c1cc(C)cc([Si](C)(C)C)c1)C1(C)C=C(C)C(C)=C1C. The van der Waals surface area contributed by atoms with Gasteiger partial charge in [-0.1, -0.05) is 97.4 Å². The van der Waals surface area contributed by atoms with E-state index < -0.39 is 16.1 Å². The summed E-state index contributed by atoms with van der Waals surface area (Å²) in [4.78, 5) is 0. The van der Waals surface area contributed by atoms with Crippen LogP contribution in [0.25, 0.3) is 0 Å². The molecule has 24 heavy (non-hydrogen) atoms. The topological polar surface area (TPSA) is 0 Å². The van der Waals surface area contributed by atoms with E-state index in [-0.39, 0.29) is 5.04 Å². The fourth-order valence-corrected chi connectivity index (χ4v) is 10.0. The Morgan fingerprint density at radius 3 is 1.83 bits per heavy atom. The number of benzene rings is 1. The van der Waals surface area contributed by atoms with Crippen LogP contribution in [-0.4, -0.2) is 16.1 Å². The maximum atomic E-state index is 2.61. The van der Waals surface area contributed by atoms with Gasteiger partial charge < -0.3 is 0 Å². The van der Waals surface area contributed by atoms with Crippen molar-refractivity contribution >= 4 is 26.5 Å². The minimum atomic E-state index is -1.69. The zero-order valence-electron chi connectivity index (χ0n) is 17.5. The zero-order chi connectivity index (χ0) is 18.5. The summed E-state index contributed by atoms with van der Waals surface area (Å²) in [6.07, 6.45) is 2.59. The molecule has 0 N–H and O–H groups in total. The van der Waals surface area contributed by atoms with E-state index in [4.69, 9.17) is 0 Å². The highest BCUT2D eigenvalue weighted by molar-refractivity contribution is 6.95. The summed E-state index contributed by atoms with van der Waals surface area (Å²) in [6.45, 7) is 24.2. The second-order valence-electron chi connectivity index (χ2n) is 9.30. The lowest BCUT2D eigenvalue weighted by molar-refractivity contribution is 0.847. The highest BCUT2D eigenvalue weighted by atomic mass is 28.3. The van der Waals surface area contributed by atoms with Crippen molar-refractivity contribution in [3.63, 3.8) is 0 Å². The van der Waals surface area contributed by atoms with Crippen LogP contribution in [0.3, 0.4) is 0 Å². The molecule has 0 amide bonds. The molecule has 132 valence electrons. The fraction of sp³-hybridized carbons (Fsp3) is 0.545. The van der Waals surface area contributed by atoms with Gasteiger partial charge in [-0.15, -0.1) is 0 Å². The molecule has 0 heterocycles. The lowest BCUT2D eigenvalue weighted by atomic mass is 10.0. The molecule has 0 nitrogen and oxygen atoms in total. The van der Waals surface area contributed by atoms with E-state index in [1.807, 2.05) is 0 Å². The molecule has 0 aliphatic heterocycles. The standard InChI is InChI=1S/C22H36Si2/c1-11-24(10,22(6)15-17(3)18(4)19(22)5)21-13-16(2)12-20(14-21)23(7,8)9/h12-15H,11H2,1-10H3. The van der Waals surface area contributed by atoms with E-state index in [9.17, 15) is 0 Å². The van der Waals surface area contributed by atoms with Gasteiger partial charge >= 0.3 is 0 Å². The van der Waals surface area contributed by atoms with Crippen LogP contribution in [0.5, 0.6) is 0 Å². The van der Waals surface area contributed by atoms with Crippen LogP contribution in [0, 0.1) is 6.92 Å². The third-order valence-electron chi connectivity index (χ3n) is 6.87. The highest BCUT2D eigenvalue weighted by Gasteiger charge is 2.49. The van der Waals surface area contributed by atoms with Gasteiger partial charge in [0.15, 0.2) is 0 Å². The van der Waals surface area contributed by atoms with Crippen molar-refractivity contribution in [3.8, 4) is 0 Å². The molecular weight excluding hydrogens is 320 g/mol. The molecule has 1 aliphatic rings. The number of allylic oxidation sites excluding steroid dienone is 4. The summed E-state index contributed by atoms with van der Waals surface area (Å²) >= 11 is 0. The van der Waals surface area contributed by atoms with Gasteiger partial charge in [-0.25, -0.2) is 0 Å². The normalized spacial score (nSPS) is 24.2. The Bertz CT molecular complexity index is 718. The number of hydrogen-bond donors (Lipinski definition) is 0. The minimum Gasteiger partial charge on any atom is -0.0737 e. The molecule has 0 radical (unpaired) electrons. The van der Waals surface area contributed by atoms with Crippen LogP contribution in [-0.2, 0) is 0 Å². The smallest absolute Gasteiger partial charge is 0.0737 e. The third kappa shape index (κ3) is 2.92. The van der Waals surface area contributed by atoms with E-state index in [0.717, 1.165) is 0 Å². The van der Waals surface area contributed by atoms with Crippen LogP contribution in [0.2, 0.25) is 37.3 Å². The lowest BCUT2D eigenvalue weighted by Gasteiger charge is -2.44. The van der Waals surface area contributed by atoms with Gasteiger partial charge in [0.05, 0.1) is 16.1 Å². The largest absolute Gasteiger partial charge is 0.0974 e. The van der Waals surface area contributed by atoms with Crippen LogP contribution in [0.15, 0.2) is 41.0 Å². The summed E-state index contributed by atoms with van der Waals surface area (Å²) in [5.41, 5.74) is 6.05. The zero-order valence-corrected chi connectivity index (χ0v) is 19.5. The molecular formula is C22H36Si2.